The normalized spacial score (nSPS) is 12.4. The van der Waals surface area contributed by atoms with Crippen LogP contribution >= 0.6 is 34.8 Å². The Bertz CT molecular complexity index is 987. The molecule has 3 aromatic carbocycles. The van der Waals surface area contributed by atoms with Gasteiger partial charge in [-0.2, -0.15) is 0 Å². The number of fused-ring (bicyclic) bond motifs is 3. The van der Waals surface area contributed by atoms with Crippen molar-refractivity contribution in [1.82, 2.24) is 0 Å². The van der Waals surface area contributed by atoms with E-state index in [1.54, 1.807) is 0 Å². The predicted octanol–water partition coefficient (Wildman–Crippen LogP) is 6.97. The standard InChI is InChI=1S/C21H13Cl3O3/c22-17-9-19(24)20(10-18(17)23)27-21(25)26-11-16-14-7-3-1-5-12(14)13-6-2-4-8-15(13)16/h1-10,16H,11H2. The lowest BCUT2D eigenvalue weighted by molar-refractivity contribution is 0.0965. The van der Waals surface area contributed by atoms with Crippen LogP contribution in [-0.2, 0) is 4.74 Å². The minimum atomic E-state index is -0.850. The molecule has 0 saturated carbocycles. The van der Waals surface area contributed by atoms with Gasteiger partial charge in [-0.05, 0) is 28.3 Å². The van der Waals surface area contributed by atoms with Gasteiger partial charge in [0.05, 0.1) is 15.1 Å². The Kier molecular flexibility index (Phi) is 5.00. The molecular weight excluding hydrogens is 407 g/mol. The highest BCUT2D eigenvalue weighted by molar-refractivity contribution is 6.43. The second kappa shape index (κ2) is 7.43. The number of rotatable bonds is 3. The van der Waals surface area contributed by atoms with E-state index in [-0.39, 0.29) is 33.3 Å². The monoisotopic (exact) mass is 418 g/mol. The van der Waals surface area contributed by atoms with Gasteiger partial charge >= 0.3 is 6.16 Å². The highest BCUT2D eigenvalue weighted by atomic mass is 35.5. The number of hydrogen-bond donors (Lipinski definition) is 0. The van der Waals surface area contributed by atoms with E-state index >= 15 is 0 Å². The summed E-state index contributed by atoms with van der Waals surface area (Å²) >= 11 is 17.8. The maximum Gasteiger partial charge on any atom is 0.513 e. The summed E-state index contributed by atoms with van der Waals surface area (Å²) in [7, 11) is 0. The van der Waals surface area contributed by atoms with Crippen molar-refractivity contribution < 1.29 is 14.3 Å². The van der Waals surface area contributed by atoms with E-state index < -0.39 is 6.16 Å². The van der Waals surface area contributed by atoms with Gasteiger partial charge in [0, 0.05) is 12.0 Å². The molecule has 0 aliphatic heterocycles. The van der Waals surface area contributed by atoms with Crippen LogP contribution in [-0.4, -0.2) is 12.8 Å². The van der Waals surface area contributed by atoms with E-state index in [9.17, 15) is 4.79 Å². The third-order valence-corrected chi connectivity index (χ3v) is 5.52. The first-order valence-corrected chi connectivity index (χ1v) is 9.35. The summed E-state index contributed by atoms with van der Waals surface area (Å²) in [6.07, 6.45) is -0.850. The van der Waals surface area contributed by atoms with Gasteiger partial charge in [-0.25, -0.2) is 4.79 Å². The molecule has 0 saturated heterocycles. The summed E-state index contributed by atoms with van der Waals surface area (Å²) in [5.41, 5.74) is 4.56. The second-order valence-electron chi connectivity index (χ2n) is 6.09. The zero-order valence-corrected chi connectivity index (χ0v) is 16.2. The molecule has 4 rings (SSSR count). The fourth-order valence-electron chi connectivity index (χ4n) is 3.29. The number of halogens is 3. The van der Waals surface area contributed by atoms with Gasteiger partial charge in [-0.3, -0.25) is 0 Å². The molecular formula is C21H13Cl3O3. The van der Waals surface area contributed by atoms with E-state index in [1.165, 1.54) is 12.1 Å². The molecule has 0 heterocycles. The van der Waals surface area contributed by atoms with Gasteiger partial charge in [0.15, 0.2) is 5.75 Å². The molecule has 0 N–H and O–H groups in total. The zero-order chi connectivity index (χ0) is 19.0. The lowest BCUT2D eigenvalue weighted by atomic mass is 9.98. The minimum absolute atomic E-state index is 0.0470. The molecule has 0 fully saturated rings. The smallest absolute Gasteiger partial charge is 0.433 e. The molecule has 0 spiro atoms. The summed E-state index contributed by atoms with van der Waals surface area (Å²) in [6.45, 7) is 0.159. The average Bonchev–Trinajstić information content (AvgIpc) is 2.98. The van der Waals surface area contributed by atoms with Crippen LogP contribution in [0, 0.1) is 0 Å². The van der Waals surface area contributed by atoms with Gasteiger partial charge in [0.1, 0.15) is 6.61 Å². The van der Waals surface area contributed by atoms with Crippen molar-refractivity contribution >= 4 is 41.0 Å². The summed E-state index contributed by atoms with van der Waals surface area (Å²) in [6, 6.07) is 19.0. The van der Waals surface area contributed by atoms with Crippen LogP contribution in [0.15, 0.2) is 60.7 Å². The lowest BCUT2D eigenvalue weighted by Gasteiger charge is -2.14. The third kappa shape index (κ3) is 3.51. The molecule has 0 unspecified atom stereocenters. The van der Waals surface area contributed by atoms with Crippen LogP contribution in [0.25, 0.3) is 11.1 Å². The zero-order valence-electron chi connectivity index (χ0n) is 13.9. The van der Waals surface area contributed by atoms with E-state index in [0.29, 0.717) is 0 Å². The molecule has 0 radical (unpaired) electrons. The first-order valence-electron chi connectivity index (χ1n) is 8.22. The number of ether oxygens (including phenoxy) is 2. The maximum atomic E-state index is 12.2. The van der Waals surface area contributed by atoms with Crippen molar-refractivity contribution in [2.45, 2.75) is 5.92 Å². The first-order chi connectivity index (χ1) is 13.0. The molecule has 0 atom stereocenters. The third-order valence-electron chi connectivity index (χ3n) is 4.50. The lowest BCUT2D eigenvalue weighted by Crippen LogP contribution is -2.16. The van der Waals surface area contributed by atoms with Crippen molar-refractivity contribution in [3.63, 3.8) is 0 Å². The van der Waals surface area contributed by atoms with Gasteiger partial charge in [0.25, 0.3) is 0 Å². The van der Waals surface area contributed by atoms with Crippen molar-refractivity contribution in [2.24, 2.45) is 0 Å². The maximum absolute atomic E-state index is 12.2. The van der Waals surface area contributed by atoms with Crippen molar-refractivity contribution in [3.05, 3.63) is 86.9 Å². The Morgan fingerprint density at radius 2 is 1.37 bits per heavy atom. The van der Waals surface area contributed by atoms with Gasteiger partial charge in [-0.15, -0.1) is 0 Å². The number of carbonyl (C=O) groups is 1. The number of carbonyl (C=O) groups excluding carboxylic acids is 1. The average molecular weight is 420 g/mol. The predicted molar refractivity (Wildman–Crippen MR) is 107 cm³/mol. The van der Waals surface area contributed by atoms with Crippen LogP contribution in [0.5, 0.6) is 5.75 Å². The Morgan fingerprint density at radius 3 is 2.00 bits per heavy atom. The Balaban J connectivity index is 1.51. The molecule has 6 heteroatoms. The minimum Gasteiger partial charge on any atom is -0.433 e. The van der Waals surface area contributed by atoms with Crippen molar-refractivity contribution in [1.29, 1.82) is 0 Å². The largest absolute Gasteiger partial charge is 0.513 e. The van der Waals surface area contributed by atoms with Crippen molar-refractivity contribution in [2.75, 3.05) is 6.61 Å². The summed E-state index contributed by atoms with van der Waals surface area (Å²) in [4.78, 5) is 12.2. The molecule has 136 valence electrons. The number of benzene rings is 3. The molecule has 0 aromatic heterocycles. The summed E-state index contributed by atoms with van der Waals surface area (Å²) < 4.78 is 10.6. The molecule has 1 aliphatic carbocycles. The SMILES string of the molecule is O=C(OCC1c2ccccc2-c2ccccc21)Oc1cc(Cl)c(Cl)cc1Cl. The van der Waals surface area contributed by atoms with Crippen molar-refractivity contribution in [3.8, 4) is 16.9 Å². The Morgan fingerprint density at radius 1 is 0.815 bits per heavy atom. The van der Waals surface area contributed by atoms with Crippen LogP contribution in [0.2, 0.25) is 15.1 Å². The highest BCUT2D eigenvalue weighted by Gasteiger charge is 2.29. The van der Waals surface area contributed by atoms with E-state index in [0.717, 1.165) is 22.3 Å². The van der Waals surface area contributed by atoms with Gasteiger partial charge in [-0.1, -0.05) is 83.3 Å². The molecule has 3 nitrogen and oxygen atoms in total. The molecule has 27 heavy (non-hydrogen) atoms. The van der Waals surface area contributed by atoms with E-state index in [2.05, 4.69) is 12.1 Å². The Hall–Kier alpha value is -2.20. The summed E-state index contributed by atoms with van der Waals surface area (Å²) in [5.74, 6) is 0.0533. The van der Waals surface area contributed by atoms with Crippen LogP contribution in [0.3, 0.4) is 0 Å². The molecule has 3 aromatic rings. The van der Waals surface area contributed by atoms with Crippen LogP contribution in [0.1, 0.15) is 17.0 Å². The van der Waals surface area contributed by atoms with Gasteiger partial charge < -0.3 is 9.47 Å². The van der Waals surface area contributed by atoms with Crippen LogP contribution < -0.4 is 4.74 Å². The fraction of sp³-hybridized carbons (Fsp3) is 0.0952. The second-order valence-corrected chi connectivity index (χ2v) is 7.31. The number of hydrogen-bond acceptors (Lipinski definition) is 3. The molecule has 0 bridgehead atoms. The summed E-state index contributed by atoms with van der Waals surface area (Å²) in [5, 5.41) is 0.696. The Labute approximate surface area is 171 Å². The van der Waals surface area contributed by atoms with Gasteiger partial charge in [0.2, 0.25) is 0 Å². The van der Waals surface area contributed by atoms with Crippen LogP contribution in [0.4, 0.5) is 4.79 Å². The first kappa shape index (κ1) is 18.2. The molecule has 1 aliphatic rings. The quantitative estimate of drug-likeness (QED) is 0.261. The fourth-order valence-corrected chi connectivity index (χ4v) is 3.87. The highest BCUT2D eigenvalue weighted by Crippen LogP contribution is 2.44. The van der Waals surface area contributed by atoms with E-state index in [4.69, 9.17) is 44.3 Å². The van der Waals surface area contributed by atoms with E-state index in [1.807, 2.05) is 36.4 Å². The topological polar surface area (TPSA) is 35.5 Å². The molecule has 0 amide bonds.